The van der Waals surface area contributed by atoms with E-state index in [4.69, 9.17) is 4.74 Å². The summed E-state index contributed by atoms with van der Waals surface area (Å²) in [5.41, 5.74) is 2.69. The fourth-order valence-corrected chi connectivity index (χ4v) is 8.14. The predicted octanol–water partition coefficient (Wildman–Crippen LogP) is 2.91. The average molecular weight is 475 g/mol. The lowest BCUT2D eigenvalue weighted by Gasteiger charge is -2.38. The number of likely N-dealkylation sites (tertiary alicyclic amines) is 1. The molecule has 8 heteroatoms. The highest BCUT2D eigenvalue weighted by Crippen LogP contribution is 2.67. The Hall–Kier alpha value is -2.06. The van der Waals surface area contributed by atoms with Gasteiger partial charge in [-0.05, 0) is 56.7 Å². The molecule has 3 saturated heterocycles. The number of carbonyl (C=O) groups is 3. The minimum Gasteiger partial charge on any atom is -0.466 e. The molecule has 3 aliphatic rings. The van der Waals surface area contributed by atoms with Gasteiger partial charge in [0.15, 0.2) is 0 Å². The van der Waals surface area contributed by atoms with Gasteiger partial charge in [0.2, 0.25) is 11.8 Å². The number of carbonyl (C=O) groups excluding carboxylic acids is 3. The number of nitrogens with zero attached hydrogens (tertiary/aromatic N) is 1. The van der Waals surface area contributed by atoms with Crippen LogP contribution in [0.4, 0.5) is 5.69 Å². The van der Waals surface area contributed by atoms with Gasteiger partial charge in [0, 0.05) is 10.9 Å². The maximum Gasteiger partial charge on any atom is 0.310 e. The summed E-state index contributed by atoms with van der Waals surface area (Å²) in [5.74, 6) is -2.02. The van der Waals surface area contributed by atoms with Crippen molar-refractivity contribution in [2.24, 2.45) is 17.8 Å². The quantitative estimate of drug-likeness (QED) is 0.590. The Balaban J connectivity index is 1.77. The van der Waals surface area contributed by atoms with Gasteiger partial charge in [-0.1, -0.05) is 26.0 Å². The molecule has 3 fully saturated rings. The first kappa shape index (κ1) is 24.1. The zero-order valence-corrected chi connectivity index (χ0v) is 20.8. The van der Waals surface area contributed by atoms with Crippen molar-refractivity contribution in [2.75, 3.05) is 18.5 Å². The Kier molecular flexibility index (Phi) is 6.53. The van der Waals surface area contributed by atoms with E-state index < -0.39 is 28.7 Å². The molecule has 2 bridgehead atoms. The van der Waals surface area contributed by atoms with Crippen molar-refractivity contribution < 1.29 is 24.2 Å². The third kappa shape index (κ3) is 3.75. The summed E-state index contributed by atoms with van der Waals surface area (Å²) in [4.78, 5) is 42.3. The Labute approximate surface area is 199 Å². The van der Waals surface area contributed by atoms with Crippen molar-refractivity contribution in [2.45, 2.75) is 69.5 Å². The van der Waals surface area contributed by atoms with E-state index in [1.54, 1.807) is 23.6 Å². The summed E-state index contributed by atoms with van der Waals surface area (Å²) < 4.78 is 4.66. The molecule has 33 heavy (non-hydrogen) atoms. The molecular formula is C25H34N2O5S. The van der Waals surface area contributed by atoms with E-state index in [2.05, 4.69) is 5.32 Å². The number of ether oxygens (including phenoxy) is 1. The van der Waals surface area contributed by atoms with Crippen molar-refractivity contribution in [3.8, 4) is 0 Å². The van der Waals surface area contributed by atoms with Gasteiger partial charge in [-0.2, -0.15) is 0 Å². The second-order valence-electron chi connectivity index (χ2n) is 9.86. The maximum atomic E-state index is 13.9. The van der Waals surface area contributed by atoms with E-state index in [0.29, 0.717) is 6.42 Å². The number of esters is 1. The first-order valence-corrected chi connectivity index (χ1v) is 12.7. The van der Waals surface area contributed by atoms with Crippen molar-refractivity contribution >= 4 is 35.2 Å². The number of hydrogen-bond donors (Lipinski definition) is 2. The Morgan fingerprint density at radius 3 is 2.70 bits per heavy atom. The third-order valence-corrected chi connectivity index (χ3v) is 9.46. The smallest absolute Gasteiger partial charge is 0.310 e. The van der Waals surface area contributed by atoms with E-state index in [0.717, 1.165) is 23.2 Å². The number of aliphatic hydroxyl groups excluding tert-OH is 1. The van der Waals surface area contributed by atoms with Gasteiger partial charge in [-0.3, -0.25) is 14.4 Å². The Morgan fingerprint density at radius 1 is 1.33 bits per heavy atom. The molecular weight excluding hydrogens is 440 g/mol. The van der Waals surface area contributed by atoms with Gasteiger partial charge in [0.1, 0.15) is 6.04 Å². The monoisotopic (exact) mass is 474 g/mol. The molecule has 0 radical (unpaired) electrons. The number of anilines is 1. The van der Waals surface area contributed by atoms with Crippen molar-refractivity contribution in [1.82, 2.24) is 4.90 Å². The van der Waals surface area contributed by atoms with Crippen LogP contribution in [0.15, 0.2) is 18.2 Å². The van der Waals surface area contributed by atoms with Crippen LogP contribution in [0.3, 0.4) is 0 Å². The minimum atomic E-state index is -0.760. The molecule has 3 heterocycles. The number of benzene rings is 1. The summed E-state index contributed by atoms with van der Waals surface area (Å²) in [5, 5.41) is 13.3. The normalized spacial score (nSPS) is 31.1. The van der Waals surface area contributed by atoms with Gasteiger partial charge in [0.25, 0.3) is 0 Å². The first-order valence-electron chi connectivity index (χ1n) is 11.8. The fraction of sp³-hybridized carbons (Fsp3) is 0.640. The molecule has 2 unspecified atom stereocenters. The highest BCUT2D eigenvalue weighted by Gasteiger charge is 2.74. The molecule has 2 amide bonds. The van der Waals surface area contributed by atoms with E-state index in [1.165, 1.54) is 0 Å². The standard InChI is InChI=1S/C25H34N2O5S/c1-6-32-24(31)19-18-9-10-25(33-18)20(19)23(30)27(17(12-28)13(2)3)21(25)22(29)26-16-11-14(4)7-8-15(16)5/h7-8,11,13,17-21,28H,6,9-10,12H2,1-5H3,(H,26,29)/t17-,18-,19+,20-,21?,25?/m0/s1. The topological polar surface area (TPSA) is 95.9 Å². The van der Waals surface area contributed by atoms with Crippen LogP contribution < -0.4 is 5.32 Å². The van der Waals surface area contributed by atoms with E-state index in [1.807, 2.05) is 45.9 Å². The number of thioether (sulfide) groups is 1. The molecule has 3 aliphatic heterocycles. The van der Waals surface area contributed by atoms with E-state index in [9.17, 15) is 19.5 Å². The van der Waals surface area contributed by atoms with Gasteiger partial charge >= 0.3 is 5.97 Å². The largest absolute Gasteiger partial charge is 0.466 e. The van der Waals surface area contributed by atoms with E-state index in [-0.39, 0.29) is 42.2 Å². The zero-order chi connectivity index (χ0) is 24.1. The average Bonchev–Trinajstić information content (AvgIpc) is 3.39. The Bertz CT molecular complexity index is 966. The molecule has 180 valence electrons. The third-order valence-electron chi connectivity index (χ3n) is 7.51. The molecule has 7 nitrogen and oxygen atoms in total. The van der Waals surface area contributed by atoms with Gasteiger partial charge in [-0.15, -0.1) is 11.8 Å². The minimum absolute atomic E-state index is 0.0252. The number of fused-ring (bicyclic) bond motifs is 1. The van der Waals surface area contributed by atoms with Crippen LogP contribution in [-0.4, -0.2) is 63.1 Å². The molecule has 1 spiro atoms. The molecule has 0 saturated carbocycles. The SMILES string of the molecule is CCOC(=O)[C@@H]1[C@@H]2CCC3(S2)C(C(=O)Nc2cc(C)ccc2C)N([C@@H](CO)C(C)C)C(=O)[C@H]13. The van der Waals surface area contributed by atoms with Crippen LogP contribution in [0.1, 0.15) is 44.7 Å². The number of aliphatic hydroxyl groups is 1. The van der Waals surface area contributed by atoms with Gasteiger partial charge in [-0.25, -0.2) is 0 Å². The molecule has 0 aliphatic carbocycles. The lowest BCUT2D eigenvalue weighted by molar-refractivity contribution is -0.154. The summed E-state index contributed by atoms with van der Waals surface area (Å²) in [6.45, 7) is 9.56. The summed E-state index contributed by atoms with van der Waals surface area (Å²) in [7, 11) is 0. The highest BCUT2D eigenvalue weighted by molar-refractivity contribution is 8.02. The van der Waals surface area contributed by atoms with Crippen LogP contribution >= 0.6 is 11.8 Å². The maximum absolute atomic E-state index is 13.9. The molecule has 1 aromatic rings. The molecule has 6 atom stereocenters. The molecule has 0 aromatic heterocycles. The number of amides is 2. The van der Waals surface area contributed by atoms with Gasteiger partial charge < -0.3 is 20.1 Å². The van der Waals surface area contributed by atoms with Crippen LogP contribution in [0.25, 0.3) is 0 Å². The number of rotatable bonds is 7. The van der Waals surface area contributed by atoms with Gasteiger partial charge in [0.05, 0.1) is 35.8 Å². The van der Waals surface area contributed by atoms with E-state index >= 15 is 0 Å². The predicted molar refractivity (Wildman–Crippen MR) is 128 cm³/mol. The summed E-state index contributed by atoms with van der Waals surface area (Å²) in [6, 6.07) is 4.61. The molecule has 4 rings (SSSR count). The molecule has 2 N–H and O–H groups in total. The number of nitrogens with one attached hydrogen (secondary N) is 1. The first-order chi connectivity index (χ1) is 15.7. The second kappa shape index (κ2) is 8.95. The summed E-state index contributed by atoms with van der Waals surface area (Å²) in [6.07, 6.45) is 1.46. The van der Waals surface area contributed by atoms with Crippen molar-refractivity contribution in [3.63, 3.8) is 0 Å². The lowest BCUT2D eigenvalue weighted by atomic mass is 9.71. The van der Waals surface area contributed by atoms with Crippen LogP contribution in [0.5, 0.6) is 0 Å². The zero-order valence-electron chi connectivity index (χ0n) is 20.0. The number of hydrogen-bond acceptors (Lipinski definition) is 6. The second-order valence-corrected chi connectivity index (χ2v) is 11.5. The van der Waals surface area contributed by atoms with Crippen molar-refractivity contribution in [3.05, 3.63) is 29.3 Å². The summed E-state index contributed by atoms with van der Waals surface area (Å²) >= 11 is 1.61. The fourth-order valence-electron chi connectivity index (χ4n) is 5.95. The molecule has 1 aromatic carbocycles. The lowest BCUT2D eigenvalue weighted by Crippen LogP contribution is -2.56. The highest BCUT2D eigenvalue weighted by atomic mass is 32.2. The Morgan fingerprint density at radius 2 is 2.06 bits per heavy atom. The van der Waals surface area contributed by atoms with Crippen LogP contribution in [0.2, 0.25) is 0 Å². The van der Waals surface area contributed by atoms with Crippen LogP contribution in [-0.2, 0) is 19.1 Å². The van der Waals surface area contributed by atoms with Crippen molar-refractivity contribution in [1.29, 1.82) is 0 Å². The number of aryl methyl sites for hydroxylation is 2. The van der Waals surface area contributed by atoms with Crippen LogP contribution in [0, 0.1) is 31.6 Å².